The molecule has 0 amide bonds. The zero-order valence-corrected chi connectivity index (χ0v) is 11.5. The number of benzene rings is 2. The summed E-state index contributed by atoms with van der Waals surface area (Å²) in [6, 6.07) is 10.8. The van der Waals surface area contributed by atoms with Gasteiger partial charge in [0.1, 0.15) is 0 Å². The van der Waals surface area contributed by atoms with Crippen LogP contribution < -0.4 is 11.1 Å². The van der Waals surface area contributed by atoms with Crippen molar-refractivity contribution in [3.8, 4) is 0 Å². The third kappa shape index (κ3) is 3.19. The second-order valence-corrected chi connectivity index (χ2v) is 4.97. The summed E-state index contributed by atoms with van der Waals surface area (Å²) in [6.07, 6.45) is -2.46. The van der Waals surface area contributed by atoms with Gasteiger partial charge in [0.05, 0.1) is 22.6 Å². The highest BCUT2D eigenvalue weighted by Gasteiger charge is 2.30. The Morgan fingerprint density at radius 3 is 2.35 bits per heavy atom. The van der Waals surface area contributed by atoms with Gasteiger partial charge in [-0.1, -0.05) is 12.1 Å². The molecule has 2 rings (SSSR count). The minimum absolute atomic E-state index is 0.0655. The number of rotatable bonds is 3. The molecule has 0 heterocycles. The predicted molar refractivity (Wildman–Crippen MR) is 77.4 cm³/mol. The molecule has 2 aromatic carbocycles. The fraction of sp³-hybridized carbons (Fsp3) is 0.143. The van der Waals surface area contributed by atoms with E-state index in [1.807, 2.05) is 30.5 Å². The minimum Gasteiger partial charge on any atom is -0.397 e. The Labute approximate surface area is 119 Å². The van der Waals surface area contributed by atoms with E-state index in [0.717, 1.165) is 22.7 Å². The predicted octanol–water partition coefficient (Wildman–Crippen LogP) is 4.75. The topological polar surface area (TPSA) is 38.0 Å². The summed E-state index contributed by atoms with van der Waals surface area (Å²) in [5.41, 5.74) is 6.27. The normalized spacial score (nSPS) is 11.4. The maximum atomic E-state index is 12.6. The Hall–Kier alpha value is -1.82. The van der Waals surface area contributed by atoms with Crippen LogP contribution in [0.4, 0.5) is 30.2 Å². The zero-order chi connectivity index (χ0) is 14.8. The first-order valence-electron chi connectivity index (χ1n) is 5.78. The minimum atomic E-state index is -4.39. The van der Waals surface area contributed by atoms with Crippen LogP contribution in [0.1, 0.15) is 5.56 Å². The number of alkyl halides is 3. The van der Waals surface area contributed by atoms with Crippen LogP contribution in [0.5, 0.6) is 0 Å². The smallest absolute Gasteiger partial charge is 0.397 e. The first-order valence-corrected chi connectivity index (χ1v) is 7.01. The average Bonchev–Trinajstić information content (AvgIpc) is 2.40. The summed E-state index contributed by atoms with van der Waals surface area (Å²) in [4.78, 5) is 0.992. The van der Waals surface area contributed by atoms with Gasteiger partial charge in [-0.25, -0.2) is 0 Å². The van der Waals surface area contributed by atoms with E-state index >= 15 is 0 Å². The highest BCUT2D eigenvalue weighted by Crippen LogP contribution is 2.35. The maximum absolute atomic E-state index is 12.6. The van der Waals surface area contributed by atoms with Crippen molar-refractivity contribution >= 4 is 28.8 Å². The number of nitrogens with two attached hydrogens (primary N) is 1. The van der Waals surface area contributed by atoms with Gasteiger partial charge in [-0.05, 0) is 36.6 Å². The summed E-state index contributed by atoms with van der Waals surface area (Å²) in [5, 5.41) is 3.06. The molecular formula is C14H13F3N2S. The first kappa shape index (κ1) is 14.6. The van der Waals surface area contributed by atoms with Crippen LogP contribution in [-0.2, 0) is 6.18 Å². The van der Waals surface area contributed by atoms with Crippen molar-refractivity contribution < 1.29 is 13.2 Å². The van der Waals surface area contributed by atoms with Crippen molar-refractivity contribution in [2.24, 2.45) is 0 Å². The van der Waals surface area contributed by atoms with Crippen molar-refractivity contribution in [3.63, 3.8) is 0 Å². The third-order valence-corrected chi connectivity index (χ3v) is 3.55. The van der Waals surface area contributed by atoms with E-state index in [4.69, 9.17) is 5.73 Å². The fourth-order valence-corrected chi connectivity index (χ4v) is 2.30. The molecule has 0 fully saturated rings. The Bertz CT molecular complexity index is 612. The van der Waals surface area contributed by atoms with Gasteiger partial charge < -0.3 is 11.1 Å². The average molecular weight is 298 g/mol. The molecule has 0 aliphatic heterocycles. The van der Waals surface area contributed by atoms with Crippen LogP contribution in [0, 0.1) is 0 Å². The largest absolute Gasteiger partial charge is 0.416 e. The Morgan fingerprint density at radius 2 is 1.75 bits per heavy atom. The molecule has 0 saturated carbocycles. The maximum Gasteiger partial charge on any atom is 0.416 e. The molecule has 2 aromatic rings. The van der Waals surface area contributed by atoms with Crippen molar-refractivity contribution in [2.75, 3.05) is 17.3 Å². The Balaban J connectivity index is 2.31. The van der Waals surface area contributed by atoms with Gasteiger partial charge in [0.15, 0.2) is 0 Å². The number of para-hydroxylation sites is 1. The summed E-state index contributed by atoms with van der Waals surface area (Å²) in [5.74, 6) is 0. The molecule has 2 nitrogen and oxygen atoms in total. The molecule has 0 atom stereocenters. The molecule has 0 aliphatic rings. The molecular weight excluding hydrogens is 285 g/mol. The Kier molecular flexibility index (Phi) is 4.13. The molecule has 20 heavy (non-hydrogen) atoms. The van der Waals surface area contributed by atoms with Crippen LogP contribution >= 0.6 is 11.8 Å². The van der Waals surface area contributed by atoms with Crippen LogP contribution in [0.25, 0.3) is 0 Å². The van der Waals surface area contributed by atoms with Gasteiger partial charge in [-0.15, -0.1) is 11.8 Å². The summed E-state index contributed by atoms with van der Waals surface area (Å²) < 4.78 is 37.7. The number of hydrogen-bond donors (Lipinski definition) is 2. The molecule has 0 aliphatic carbocycles. The van der Waals surface area contributed by atoms with Gasteiger partial charge in [-0.3, -0.25) is 0 Å². The highest BCUT2D eigenvalue weighted by molar-refractivity contribution is 7.98. The van der Waals surface area contributed by atoms with Crippen molar-refractivity contribution in [2.45, 2.75) is 11.1 Å². The van der Waals surface area contributed by atoms with Crippen molar-refractivity contribution in [3.05, 3.63) is 48.0 Å². The molecule has 0 bridgehead atoms. The number of hydrogen-bond acceptors (Lipinski definition) is 3. The third-order valence-electron chi connectivity index (χ3n) is 2.76. The van der Waals surface area contributed by atoms with Gasteiger partial charge in [-0.2, -0.15) is 13.2 Å². The van der Waals surface area contributed by atoms with E-state index in [2.05, 4.69) is 5.32 Å². The lowest BCUT2D eigenvalue weighted by Gasteiger charge is -2.14. The van der Waals surface area contributed by atoms with E-state index in [1.165, 1.54) is 6.07 Å². The molecule has 0 spiro atoms. The van der Waals surface area contributed by atoms with E-state index < -0.39 is 11.7 Å². The second kappa shape index (κ2) is 5.66. The quantitative estimate of drug-likeness (QED) is 0.634. The van der Waals surface area contributed by atoms with Crippen LogP contribution in [0.2, 0.25) is 0 Å². The monoisotopic (exact) mass is 298 g/mol. The van der Waals surface area contributed by atoms with Gasteiger partial charge in [0.25, 0.3) is 0 Å². The second-order valence-electron chi connectivity index (χ2n) is 4.13. The number of anilines is 3. The van der Waals surface area contributed by atoms with Crippen molar-refractivity contribution in [1.82, 2.24) is 0 Å². The lowest BCUT2D eigenvalue weighted by atomic mass is 10.1. The van der Waals surface area contributed by atoms with Crippen LogP contribution in [-0.4, -0.2) is 6.26 Å². The lowest BCUT2D eigenvalue weighted by molar-refractivity contribution is -0.137. The summed E-state index contributed by atoms with van der Waals surface area (Å²) in [7, 11) is 0. The molecule has 106 valence electrons. The first-order chi connectivity index (χ1) is 9.41. The fourth-order valence-electron chi connectivity index (χ4n) is 1.75. The van der Waals surface area contributed by atoms with E-state index in [-0.39, 0.29) is 5.69 Å². The molecule has 0 saturated heterocycles. The number of halogens is 3. The molecule has 0 unspecified atom stereocenters. The highest BCUT2D eigenvalue weighted by atomic mass is 32.2. The van der Waals surface area contributed by atoms with Crippen LogP contribution in [0.15, 0.2) is 47.4 Å². The van der Waals surface area contributed by atoms with Gasteiger partial charge >= 0.3 is 6.18 Å². The van der Waals surface area contributed by atoms with E-state index in [9.17, 15) is 13.2 Å². The van der Waals surface area contributed by atoms with E-state index in [0.29, 0.717) is 5.69 Å². The Morgan fingerprint density at radius 1 is 1.05 bits per heavy atom. The van der Waals surface area contributed by atoms with Crippen molar-refractivity contribution in [1.29, 1.82) is 0 Å². The molecule has 0 radical (unpaired) electrons. The SMILES string of the molecule is CSc1ccccc1Nc1ccc(C(F)(F)F)cc1N. The molecule has 6 heteroatoms. The lowest BCUT2D eigenvalue weighted by Crippen LogP contribution is -2.06. The number of nitrogen functional groups attached to an aromatic ring is 1. The zero-order valence-electron chi connectivity index (χ0n) is 10.7. The van der Waals surface area contributed by atoms with Crippen LogP contribution in [0.3, 0.4) is 0 Å². The summed E-state index contributed by atoms with van der Waals surface area (Å²) >= 11 is 1.54. The van der Waals surface area contributed by atoms with E-state index in [1.54, 1.807) is 11.8 Å². The molecule has 0 aromatic heterocycles. The van der Waals surface area contributed by atoms with Gasteiger partial charge in [0.2, 0.25) is 0 Å². The number of nitrogens with one attached hydrogen (secondary N) is 1. The standard InChI is InChI=1S/C14H13F3N2S/c1-20-13-5-3-2-4-12(13)19-11-7-6-9(8-10(11)18)14(15,16)17/h2-8,19H,18H2,1H3. The molecule has 3 N–H and O–H groups in total. The van der Waals surface area contributed by atoms with Gasteiger partial charge in [0, 0.05) is 4.90 Å². The summed E-state index contributed by atoms with van der Waals surface area (Å²) in [6.45, 7) is 0. The number of thioether (sulfide) groups is 1.